The Morgan fingerprint density at radius 3 is 2.00 bits per heavy atom. The van der Waals surface area contributed by atoms with Gasteiger partial charge in [0.2, 0.25) is 5.91 Å². The van der Waals surface area contributed by atoms with Crippen molar-refractivity contribution < 1.29 is 27.6 Å². The van der Waals surface area contributed by atoms with E-state index >= 15 is 0 Å². The van der Waals surface area contributed by atoms with Crippen molar-refractivity contribution in [2.45, 2.75) is 16.3 Å². The Morgan fingerprint density at radius 2 is 1.35 bits per heavy atom. The van der Waals surface area contributed by atoms with Crippen molar-refractivity contribution in [2.24, 2.45) is 0 Å². The highest BCUT2D eigenvalue weighted by Crippen LogP contribution is 2.37. The van der Waals surface area contributed by atoms with Crippen molar-refractivity contribution in [3.05, 3.63) is 166 Å². The maximum absolute atomic E-state index is 13.4. The lowest BCUT2D eigenvalue weighted by Gasteiger charge is -2.18. The van der Waals surface area contributed by atoms with Crippen LogP contribution in [0.4, 0.5) is 24.5 Å². The van der Waals surface area contributed by atoms with E-state index in [9.17, 15) is 27.6 Å². The molecule has 11 heteroatoms. The van der Waals surface area contributed by atoms with E-state index in [2.05, 4.69) is 16.0 Å². The van der Waals surface area contributed by atoms with Gasteiger partial charge in [0.15, 0.2) is 0 Å². The zero-order valence-electron chi connectivity index (χ0n) is 25.0. The monoisotopic (exact) mass is 685 g/mol. The molecule has 0 aromatic heterocycles. The minimum absolute atomic E-state index is 0.0000298. The molecule has 5 aromatic carbocycles. The first-order valence-electron chi connectivity index (χ1n) is 14.5. The maximum atomic E-state index is 13.4. The number of halogens is 4. The molecule has 0 radical (unpaired) electrons. The number of rotatable bonds is 10. The number of carbonyl (C=O) groups excluding carboxylic acids is 3. The highest BCUT2D eigenvalue weighted by molar-refractivity contribution is 8.00. The van der Waals surface area contributed by atoms with Crippen LogP contribution in [0.3, 0.4) is 0 Å². The molecule has 0 saturated heterocycles. The number of amides is 3. The molecule has 0 aliphatic heterocycles. The number of benzene rings is 5. The van der Waals surface area contributed by atoms with E-state index in [1.54, 1.807) is 109 Å². The SMILES string of the molecule is O=C(Nc1ccc(SC(C(=O)Nc2cccc(C(F)(F)F)c2)c2ccccc2)cc1)/C(=C/c1ccc(Cl)cc1)NC(=O)c1ccccc1. The van der Waals surface area contributed by atoms with Gasteiger partial charge in [0.1, 0.15) is 10.9 Å². The maximum Gasteiger partial charge on any atom is 0.416 e. The molecule has 0 aliphatic carbocycles. The van der Waals surface area contributed by atoms with E-state index < -0.39 is 34.7 Å². The van der Waals surface area contributed by atoms with Crippen LogP contribution >= 0.6 is 23.4 Å². The molecule has 0 fully saturated rings. The topological polar surface area (TPSA) is 87.3 Å². The molecule has 1 atom stereocenters. The average molecular weight is 686 g/mol. The van der Waals surface area contributed by atoms with Crippen LogP contribution < -0.4 is 16.0 Å². The van der Waals surface area contributed by atoms with Crippen molar-refractivity contribution >= 4 is 58.5 Å². The molecule has 0 spiro atoms. The van der Waals surface area contributed by atoms with Crippen LogP contribution in [0.5, 0.6) is 0 Å². The highest BCUT2D eigenvalue weighted by atomic mass is 35.5. The fourth-order valence-electron chi connectivity index (χ4n) is 4.50. The smallest absolute Gasteiger partial charge is 0.325 e. The Hall–Kier alpha value is -5.32. The molecule has 3 N–H and O–H groups in total. The van der Waals surface area contributed by atoms with Crippen molar-refractivity contribution in [2.75, 3.05) is 10.6 Å². The second-order valence-electron chi connectivity index (χ2n) is 10.4. The van der Waals surface area contributed by atoms with E-state index in [0.29, 0.717) is 32.3 Å². The van der Waals surface area contributed by atoms with Crippen LogP contribution in [0.25, 0.3) is 6.08 Å². The number of nitrogens with one attached hydrogen (secondary N) is 3. The zero-order chi connectivity index (χ0) is 34.1. The molecule has 0 heterocycles. The van der Waals surface area contributed by atoms with Crippen molar-refractivity contribution in [1.29, 1.82) is 0 Å². The van der Waals surface area contributed by atoms with Crippen molar-refractivity contribution in [3.8, 4) is 0 Å². The number of thioether (sulfide) groups is 1. The third-order valence-electron chi connectivity index (χ3n) is 6.87. The van der Waals surface area contributed by atoms with Crippen LogP contribution in [0.2, 0.25) is 5.02 Å². The second-order valence-corrected chi connectivity index (χ2v) is 12.0. The Bertz CT molecular complexity index is 1920. The molecule has 5 aromatic rings. The zero-order valence-corrected chi connectivity index (χ0v) is 26.6. The average Bonchev–Trinajstić information content (AvgIpc) is 3.09. The summed E-state index contributed by atoms with van der Waals surface area (Å²) in [6.07, 6.45) is -3.02. The second kappa shape index (κ2) is 15.5. The van der Waals surface area contributed by atoms with Gasteiger partial charge in [-0.25, -0.2) is 0 Å². The Balaban J connectivity index is 1.32. The summed E-state index contributed by atoms with van der Waals surface area (Å²) in [5, 5.41) is 7.80. The fraction of sp³-hybridized carbons (Fsp3) is 0.0541. The van der Waals surface area contributed by atoms with Gasteiger partial charge in [0, 0.05) is 26.9 Å². The van der Waals surface area contributed by atoms with Gasteiger partial charge in [-0.1, -0.05) is 78.3 Å². The van der Waals surface area contributed by atoms with Crippen LogP contribution in [0.15, 0.2) is 144 Å². The molecule has 0 aliphatic rings. The molecule has 0 saturated carbocycles. The van der Waals surface area contributed by atoms with Crippen LogP contribution in [0.1, 0.15) is 32.3 Å². The standard InChI is InChI=1S/C37H27ClF3N3O3S/c38-28-16-14-24(15-17-28)22-32(44-34(45)26-10-5-2-6-11-26)35(46)42-29-18-20-31(21-19-29)48-33(25-8-3-1-4-9-25)36(47)43-30-13-7-12-27(23-30)37(39,40)41/h1-23,33H,(H,42,46)(H,43,47)(H,44,45)/b32-22-. The van der Waals surface area contributed by atoms with Gasteiger partial charge in [-0.2, -0.15) is 13.2 Å². The number of hydrogen-bond acceptors (Lipinski definition) is 4. The molecular weight excluding hydrogens is 659 g/mol. The summed E-state index contributed by atoms with van der Waals surface area (Å²) in [5.41, 5.74) is 1.24. The van der Waals surface area contributed by atoms with Gasteiger partial charge < -0.3 is 16.0 Å². The molecule has 242 valence electrons. The van der Waals surface area contributed by atoms with Crippen LogP contribution in [-0.2, 0) is 15.8 Å². The molecule has 0 bridgehead atoms. The number of carbonyl (C=O) groups is 3. The summed E-state index contributed by atoms with van der Waals surface area (Å²) >= 11 is 7.20. The molecule has 5 rings (SSSR count). The predicted octanol–water partition coefficient (Wildman–Crippen LogP) is 9.24. The third kappa shape index (κ3) is 9.37. The Labute approximate surface area is 284 Å². The van der Waals surface area contributed by atoms with E-state index in [-0.39, 0.29) is 11.4 Å². The minimum atomic E-state index is -4.55. The van der Waals surface area contributed by atoms with E-state index in [0.717, 1.165) is 12.1 Å². The molecule has 48 heavy (non-hydrogen) atoms. The summed E-state index contributed by atoms with van der Waals surface area (Å²) < 4.78 is 39.7. The first kappa shape index (κ1) is 34.0. The van der Waals surface area contributed by atoms with E-state index in [1.807, 2.05) is 0 Å². The quantitative estimate of drug-likeness (QED) is 0.101. The van der Waals surface area contributed by atoms with Crippen LogP contribution in [-0.4, -0.2) is 17.7 Å². The van der Waals surface area contributed by atoms with Gasteiger partial charge in [-0.3, -0.25) is 14.4 Å². The summed E-state index contributed by atoms with van der Waals surface area (Å²) in [6.45, 7) is 0. The van der Waals surface area contributed by atoms with E-state index in [4.69, 9.17) is 11.6 Å². The highest BCUT2D eigenvalue weighted by Gasteiger charge is 2.31. The normalized spacial score (nSPS) is 12.1. The third-order valence-corrected chi connectivity index (χ3v) is 8.39. The fourth-order valence-corrected chi connectivity index (χ4v) is 5.65. The van der Waals surface area contributed by atoms with Gasteiger partial charge in [-0.05, 0) is 83.9 Å². The summed E-state index contributed by atoms with van der Waals surface area (Å²) in [6, 6.07) is 35.2. The molecular formula is C37H27ClF3N3O3S. The largest absolute Gasteiger partial charge is 0.416 e. The minimum Gasteiger partial charge on any atom is -0.325 e. The first-order valence-corrected chi connectivity index (χ1v) is 15.8. The van der Waals surface area contributed by atoms with Gasteiger partial charge in [0.25, 0.3) is 11.8 Å². The lowest BCUT2D eigenvalue weighted by Crippen LogP contribution is -2.30. The van der Waals surface area contributed by atoms with E-state index in [1.165, 1.54) is 30.0 Å². The number of hydrogen-bond donors (Lipinski definition) is 3. The summed E-state index contributed by atoms with van der Waals surface area (Å²) in [4.78, 5) is 40.4. The lowest BCUT2D eigenvalue weighted by atomic mass is 10.1. The van der Waals surface area contributed by atoms with Gasteiger partial charge in [-0.15, -0.1) is 11.8 Å². The summed E-state index contributed by atoms with van der Waals surface area (Å²) in [7, 11) is 0. The predicted molar refractivity (Wildman–Crippen MR) is 184 cm³/mol. The van der Waals surface area contributed by atoms with Gasteiger partial charge >= 0.3 is 6.18 Å². The van der Waals surface area contributed by atoms with Gasteiger partial charge in [0.05, 0.1) is 5.56 Å². The lowest BCUT2D eigenvalue weighted by molar-refractivity contribution is -0.137. The number of anilines is 2. The molecule has 3 amide bonds. The van der Waals surface area contributed by atoms with Crippen LogP contribution in [0, 0.1) is 0 Å². The molecule has 1 unspecified atom stereocenters. The number of alkyl halides is 3. The molecule has 6 nitrogen and oxygen atoms in total. The first-order chi connectivity index (χ1) is 23.0. The Morgan fingerprint density at radius 1 is 0.708 bits per heavy atom. The summed E-state index contributed by atoms with van der Waals surface area (Å²) in [5.74, 6) is -1.54. The van der Waals surface area contributed by atoms with Crippen molar-refractivity contribution in [3.63, 3.8) is 0 Å². The van der Waals surface area contributed by atoms with Crippen molar-refractivity contribution in [1.82, 2.24) is 5.32 Å². The Kier molecular flexibility index (Phi) is 11.0.